The van der Waals surface area contributed by atoms with Gasteiger partial charge in [-0.25, -0.2) is 0 Å². The molecule has 0 bridgehead atoms. The van der Waals surface area contributed by atoms with Gasteiger partial charge < -0.3 is 4.98 Å². The van der Waals surface area contributed by atoms with Crippen molar-refractivity contribution in [2.45, 2.75) is 19.8 Å². The van der Waals surface area contributed by atoms with Crippen LogP contribution in [0, 0.1) is 6.92 Å². The van der Waals surface area contributed by atoms with E-state index in [1.54, 1.807) is 0 Å². The summed E-state index contributed by atoms with van der Waals surface area (Å²) in [7, 11) is 0. The van der Waals surface area contributed by atoms with E-state index in [1.165, 1.54) is 38.5 Å². The van der Waals surface area contributed by atoms with Gasteiger partial charge in [-0.3, -0.25) is 0 Å². The van der Waals surface area contributed by atoms with Gasteiger partial charge in [-0.05, 0) is 36.2 Å². The summed E-state index contributed by atoms with van der Waals surface area (Å²) in [4.78, 5) is 3.49. The van der Waals surface area contributed by atoms with Crippen LogP contribution < -0.4 is 0 Å². The molecule has 108 valence electrons. The topological polar surface area (TPSA) is 15.8 Å². The lowest BCUT2D eigenvalue weighted by molar-refractivity contribution is 0.924. The van der Waals surface area contributed by atoms with Crippen LogP contribution in [0.5, 0.6) is 0 Å². The molecule has 1 atom stereocenters. The second kappa shape index (κ2) is 5.03. The van der Waals surface area contributed by atoms with Gasteiger partial charge in [0.25, 0.3) is 0 Å². The van der Waals surface area contributed by atoms with Gasteiger partial charge in [-0.15, -0.1) is 0 Å². The lowest BCUT2D eigenvalue weighted by atomic mass is 9.91. The summed E-state index contributed by atoms with van der Waals surface area (Å²) in [6, 6.07) is 24.1. The highest BCUT2D eigenvalue weighted by Gasteiger charge is 2.11. The number of hydrogen-bond donors (Lipinski definition) is 1. The number of aromatic nitrogens is 1. The van der Waals surface area contributed by atoms with Crippen LogP contribution in [-0.4, -0.2) is 4.98 Å². The normalized spacial score (nSPS) is 12.8. The Morgan fingerprint density at radius 2 is 1.41 bits per heavy atom. The molecule has 1 heteroatoms. The Morgan fingerprint density at radius 3 is 2.23 bits per heavy atom. The molecule has 4 rings (SSSR count). The molecule has 1 N–H and O–H groups in total. The van der Waals surface area contributed by atoms with E-state index in [-0.39, 0.29) is 0 Å². The molecule has 0 amide bonds. The number of aromatic amines is 1. The van der Waals surface area contributed by atoms with Crippen molar-refractivity contribution < 1.29 is 0 Å². The Balaban J connectivity index is 1.84. The summed E-state index contributed by atoms with van der Waals surface area (Å²) in [5, 5.41) is 2.61. The first-order chi connectivity index (χ1) is 10.7. The van der Waals surface area contributed by atoms with Gasteiger partial charge in [0, 0.05) is 27.7 Å². The Labute approximate surface area is 130 Å². The summed E-state index contributed by atoms with van der Waals surface area (Å²) in [6.07, 6.45) is 0. The third kappa shape index (κ3) is 2.10. The van der Waals surface area contributed by atoms with Crippen molar-refractivity contribution in [2.24, 2.45) is 0 Å². The van der Waals surface area contributed by atoms with Crippen LogP contribution in [0.1, 0.15) is 29.5 Å². The number of hydrogen-bond acceptors (Lipinski definition) is 0. The minimum atomic E-state index is 0.402. The lowest BCUT2D eigenvalue weighted by Gasteiger charge is -2.13. The molecule has 1 unspecified atom stereocenters. The molecule has 0 fully saturated rings. The third-order valence-electron chi connectivity index (χ3n) is 4.61. The Hall–Kier alpha value is -2.54. The molecule has 22 heavy (non-hydrogen) atoms. The van der Waals surface area contributed by atoms with E-state index in [0.717, 1.165) is 0 Å². The van der Waals surface area contributed by atoms with Gasteiger partial charge in [0.15, 0.2) is 0 Å². The minimum Gasteiger partial charge on any atom is -0.355 e. The predicted octanol–water partition coefficient (Wildman–Crippen LogP) is 5.78. The van der Waals surface area contributed by atoms with Gasteiger partial charge >= 0.3 is 0 Å². The molecule has 1 nitrogen and oxygen atoms in total. The molecule has 0 radical (unpaired) electrons. The molecular formula is C21H19N. The van der Waals surface area contributed by atoms with Crippen LogP contribution in [0.4, 0.5) is 0 Å². The van der Waals surface area contributed by atoms with E-state index in [4.69, 9.17) is 0 Å². The Bertz CT molecular complexity index is 945. The molecule has 4 aromatic rings. The summed E-state index contributed by atoms with van der Waals surface area (Å²) in [6.45, 7) is 4.41. The Kier molecular flexibility index (Phi) is 3.00. The molecule has 0 spiro atoms. The van der Waals surface area contributed by atoms with Crippen LogP contribution in [0.3, 0.4) is 0 Å². The average Bonchev–Trinajstić information content (AvgIpc) is 2.92. The van der Waals surface area contributed by atoms with Gasteiger partial charge in [0.05, 0.1) is 0 Å². The lowest BCUT2D eigenvalue weighted by Crippen LogP contribution is -1.95. The Morgan fingerprint density at radius 1 is 0.727 bits per heavy atom. The van der Waals surface area contributed by atoms with Crippen molar-refractivity contribution in [3.05, 3.63) is 83.4 Å². The summed E-state index contributed by atoms with van der Waals surface area (Å²) in [5.41, 5.74) is 6.45. The van der Waals surface area contributed by atoms with E-state index in [1.807, 2.05) is 0 Å². The van der Waals surface area contributed by atoms with Gasteiger partial charge in [0.2, 0.25) is 0 Å². The number of H-pyrrole nitrogens is 1. The number of nitrogens with one attached hydrogen (secondary N) is 1. The van der Waals surface area contributed by atoms with Crippen LogP contribution in [0.2, 0.25) is 0 Å². The number of aryl methyl sites for hydroxylation is 1. The first-order valence-corrected chi connectivity index (χ1v) is 7.79. The zero-order valence-electron chi connectivity index (χ0n) is 12.9. The van der Waals surface area contributed by atoms with Crippen molar-refractivity contribution in [2.75, 3.05) is 0 Å². The van der Waals surface area contributed by atoms with E-state index < -0.39 is 0 Å². The smallest absolute Gasteiger partial charge is 0.0465 e. The summed E-state index contributed by atoms with van der Waals surface area (Å²) in [5.74, 6) is 0.402. The maximum atomic E-state index is 3.49. The van der Waals surface area contributed by atoms with Crippen molar-refractivity contribution in [1.29, 1.82) is 0 Å². The fraction of sp³-hybridized carbons (Fsp3) is 0.143. The van der Waals surface area contributed by atoms with E-state index in [0.29, 0.717) is 5.92 Å². The standard InChI is InChI=1S/C21H19N/c1-14-7-9-16(10-8-14)15(2)17-11-12-21-19(13-17)18-5-3-4-6-20(18)22-21/h3-13,15,22H,1-2H3. The number of rotatable bonds is 2. The average molecular weight is 285 g/mol. The maximum absolute atomic E-state index is 3.49. The number of para-hydroxylation sites is 1. The van der Waals surface area contributed by atoms with Crippen LogP contribution in [0.25, 0.3) is 21.8 Å². The van der Waals surface area contributed by atoms with Crippen LogP contribution in [0.15, 0.2) is 66.7 Å². The molecule has 0 aliphatic heterocycles. The molecule has 1 heterocycles. The second-order valence-electron chi connectivity index (χ2n) is 6.11. The minimum absolute atomic E-state index is 0.402. The van der Waals surface area contributed by atoms with Crippen LogP contribution in [-0.2, 0) is 0 Å². The fourth-order valence-corrected chi connectivity index (χ4v) is 3.18. The second-order valence-corrected chi connectivity index (χ2v) is 6.11. The van der Waals surface area contributed by atoms with Crippen molar-refractivity contribution >= 4 is 21.8 Å². The predicted molar refractivity (Wildman–Crippen MR) is 94.5 cm³/mol. The zero-order chi connectivity index (χ0) is 15.1. The molecule has 0 saturated carbocycles. The molecule has 3 aromatic carbocycles. The zero-order valence-corrected chi connectivity index (χ0v) is 12.9. The highest BCUT2D eigenvalue weighted by molar-refractivity contribution is 6.07. The molecular weight excluding hydrogens is 266 g/mol. The number of fused-ring (bicyclic) bond motifs is 3. The van der Waals surface area contributed by atoms with E-state index in [9.17, 15) is 0 Å². The first kappa shape index (κ1) is 13.1. The van der Waals surface area contributed by atoms with E-state index >= 15 is 0 Å². The number of benzene rings is 3. The molecule has 0 aliphatic rings. The quantitative estimate of drug-likeness (QED) is 0.480. The van der Waals surface area contributed by atoms with Crippen LogP contribution >= 0.6 is 0 Å². The maximum Gasteiger partial charge on any atom is 0.0465 e. The summed E-state index contributed by atoms with van der Waals surface area (Å²) >= 11 is 0. The summed E-state index contributed by atoms with van der Waals surface area (Å²) < 4.78 is 0. The van der Waals surface area contributed by atoms with Crippen molar-refractivity contribution in [3.63, 3.8) is 0 Å². The van der Waals surface area contributed by atoms with Crippen molar-refractivity contribution in [1.82, 2.24) is 4.98 Å². The molecule has 0 saturated heterocycles. The van der Waals surface area contributed by atoms with Gasteiger partial charge in [-0.2, -0.15) is 0 Å². The first-order valence-electron chi connectivity index (χ1n) is 7.79. The van der Waals surface area contributed by atoms with Crippen molar-refractivity contribution in [3.8, 4) is 0 Å². The SMILES string of the molecule is Cc1ccc(C(C)c2ccc3[nH]c4ccccc4c3c2)cc1. The van der Waals surface area contributed by atoms with E-state index in [2.05, 4.69) is 85.6 Å². The highest BCUT2D eigenvalue weighted by Crippen LogP contribution is 2.31. The van der Waals surface area contributed by atoms with Gasteiger partial charge in [0.1, 0.15) is 0 Å². The molecule has 0 aliphatic carbocycles. The van der Waals surface area contributed by atoms with Gasteiger partial charge in [-0.1, -0.05) is 61.0 Å². The molecule has 1 aromatic heterocycles. The monoisotopic (exact) mass is 285 g/mol. The largest absolute Gasteiger partial charge is 0.355 e. The fourth-order valence-electron chi connectivity index (χ4n) is 3.18. The third-order valence-corrected chi connectivity index (χ3v) is 4.61. The highest BCUT2D eigenvalue weighted by atomic mass is 14.7.